The number of phenols is 1. The van der Waals surface area contributed by atoms with Gasteiger partial charge in [-0.3, -0.25) is 4.79 Å². The maximum atomic E-state index is 12.0. The van der Waals surface area contributed by atoms with Crippen LogP contribution in [0.15, 0.2) is 12.1 Å². The van der Waals surface area contributed by atoms with E-state index < -0.39 is 0 Å². The molecule has 1 aromatic carbocycles. The lowest BCUT2D eigenvalue weighted by Crippen LogP contribution is -2.04. The van der Waals surface area contributed by atoms with E-state index in [2.05, 4.69) is 6.92 Å². The Kier molecular flexibility index (Phi) is 7.13. The van der Waals surface area contributed by atoms with Crippen LogP contribution >= 0.6 is 0 Å². The van der Waals surface area contributed by atoms with Gasteiger partial charge in [-0.25, -0.2) is 0 Å². The Morgan fingerprint density at radius 3 is 2.45 bits per heavy atom. The van der Waals surface area contributed by atoms with Gasteiger partial charge in [0.2, 0.25) is 0 Å². The highest BCUT2D eigenvalue weighted by atomic mass is 16.5. The summed E-state index contributed by atoms with van der Waals surface area (Å²) in [4.78, 5) is 12.0. The zero-order valence-corrected chi connectivity index (χ0v) is 12.9. The number of ether oxygens (including phenoxy) is 1. The minimum absolute atomic E-state index is 0.00582. The van der Waals surface area contributed by atoms with Crippen LogP contribution in [0.25, 0.3) is 0 Å². The summed E-state index contributed by atoms with van der Waals surface area (Å²) < 4.78 is 5.18. The van der Waals surface area contributed by atoms with Crippen molar-refractivity contribution in [3.8, 4) is 11.5 Å². The number of aryl methyl sites for hydroxylation is 1. The highest BCUT2D eigenvalue weighted by Gasteiger charge is 2.16. The minimum atomic E-state index is -0.00582. The highest BCUT2D eigenvalue weighted by Crippen LogP contribution is 2.30. The monoisotopic (exact) mass is 278 g/mol. The molecule has 0 bridgehead atoms. The zero-order valence-electron chi connectivity index (χ0n) is 12.9. The average molecular weight is 278 g/mol. The molecular weight excluding hydrogens is 252 g/mol. The second-order valence-corrected chi connectivity index (χ2v) is 5.12. The zero-order chi connectivity index (χ0) is 15.0. The first-order valence-electron chi connectivity index (χ1n) is 7.57. The summed E-state index contributed by atoms with van der Waals surface area (Å²) in [6.45, 7) is 4.01. The molecule has 0 radical (unpaired) electrons. The fourth-order valence-corrected chi connectivity index (χ4v) is 2.39. The van der Waals surface area contributed by atoms with E-state index in [-0.39, 0.29) is 11.5 Å². The van der Waals surface area contributed by atoms with Gasteiger partial charge in [0.1, 0.15) is 11.5 Å². The maximum Gasteiger partial charge on any atom is 0.166 e. The van der Waals surface area contributed by atoms with E-state index in [9.17, 15) is 9.90 Å². The number of rotatable bonds is 9. The molecule has 112 valence electrons. The summed E-state index contributed by atoms with van der Waals surface area (Å²) >= 11 is 0. The standard InChI is InChI=1S/C17H26O3/c1-4-6-7-8-9-10-13-11-14(20-3)12-16(19)17(13)15(18)5-2/h11-12,19H,4-10H2,1-3H3. The van der Waals surface area contributed by atoms with Crippen molar-refractivity contribution in [3.05, 3.63) is 23.3 Å². The number of hydrogen-bond donors (Lipinski definition) is 1. The van der Waals surface area contributed by atoms with Crippen LogP contribution in [0.5, 0.6) is 11.5 Å². The topological polar surface area (TPSA) is 46.5 Å². The van der Waals surface area contributed by atoms with Gasteiger partial charge >= 0.3 is 0 Å². The normalized spacial score (nSPS) is 10.6. The summed E-state index contributed by atoms with van der Waals surface area (Å²) in [7, 11) is 1.57. The molecule has 0 amide bonds. The fraction of sp³-hybridized carbons (Fsp3) is 0.588. The summed E-state index contributed by atoms with van der Waals surface area (Å²) in [5, 5.41) is 10.0. The molecule has 0 aliphatic rings. The molecule has 1 rings (SSSR count). The molecule has 0 heterocycles. The number of aromatic hydroxyl groups is 1. The molecule has 3 nitrogen and oxygen atoms in total. The molecule has 0 aliphatic carbocycles. The number of phenolic OH excluding ortho intramolecular Hbond substituents is 1. The van der Waals surface area contributed by atoms with Crippen molar-refractivity contribution >= 4 is 5.78 Å². The molecule has 20 heavy (non-hydrogen) atoms. The molecule has 1 aromatic rings. The van der Waals surface area contributed by atoms with Crippen molar-refractivity contribution in [3.63, 3.8) is 0 Å². The van der Waals surface area contributed by atoms with E-state index in [4.69, 9.17) is 4.74 Å². The second-order valence-electron chi connectivity index (χ2n) is 5.12. The first kappa shape index (κ1) is 16.5. The molecule has 0 aromatic heterocycles. The van der Waals surface area contributed by atoms with Crippen LogP contribution in [0.1, 0.15) is 68.3 Å². The second kappa shape index (κ2) is 8.62. The van der Waals surface area contributed by atoms with Crippen LogP contribution in [-0.2, 0) is 6.42 Å². The molecule has 0 saturated carbocycles. The molecule has 0 aliphatic heterocycles. The van der Waals surface area contributed by atoms with Crippen molar-refractivity contribution in [1.29, 1.82) is 0 Å². The molecular formula is C17H26O3. The Labute approximate surface area is 122 Å². The third-order valence-electron chi connectivity index (χ3n) is 3.56. The maximum absolute atomic E-state index is 12.0. The van der Waals surface area contributed by atoms with Gasteiger partial charge in [0.15, 0.2) is 5.78 Å². The Morgan fingerprint density at radius 1 is 1.15 bits per heavy atom. The van der Waals surface area contributed by atoms with Crippen molar-refractivity contribution in [2.75, 3.05) is 7.11 Å². The molecule has 0 fully saturated rings. The third-order valence-corrected chi connectivity index (χ3v) is 3.56. The van der Waals surface area contributed by atoms with Gasteiger partial charge in [-0.15, -0.1) is 0 Å². The Balaban J connectivity index is 2.84. The Bertz CT molecular complexity index is 438. The van der Waals surface area contributed by atoms with Crippen LogP contribution < -0.4 is 4.74 Å². The Morgan fingerprint density at radius 2 is 1.85 bits per heavy atom. The van der Waals surface area contributed by atoms with Crippen LogP contribution in [0.3, 0.4) is 0 Å². The molecule has 0 atom stereocenters. The van der Waals surface area contributed by atoms with Gasteiger partial charge in [0.05, 0.1) is 12.7 Å². The lowest BCUT2D eigenvalue weighted by atomic mass is 9.95. The lowest BCUT2D eigenvalue weighted by molar-refractivity contribution is 0.0984. The molecule has 0 saturated heterocycles. The van der Waals surface area contributed by atoms with Crippen molar-refractivity contribution in [1.82, 2.24) is 0 Å². The van der Waals surface area contributed by atoms with Gasteiger partial charge in [0, 0.05) is 12.5 Å². The highest BCUT2D eigenvalue weighted by molar-refractivity contribution is 6.00. The quantitative estimate of drug-likeness (QED) is 0.534. The number of methoxy groups -OCH3 is 1. The van der Waals surface area contributed by atoms with E-state index in [0.717, 1.165) is 24.8 Å². The number of benzene rings is 1. The van der Waals surface area contributed by atoms with E-state index in [0.29, 0.717) is 17.7 Å². The van der Waals surface area contributed by atoms with E-state index in [1.165, 1.54) is 25.3 Å². The van der Waals surface area contributed by atoms with Crippen LogP contribution in [0, 0.1) is 0 Å². The number of carbonyl (C=O) groups is 1. The predicted octanol–water partition coefficient (Wildman–Crippen LogP) is 4.51. The summed E-state index contributed by atoms with van der Waals surface area (Å²) in [5.74, 6) is 0.646. The van der Waals surface area contributed by atoms with Gasteiger partial charge in [-0.2, -0.15) is 0 Å². The molecule has 0 unspecified atom stereocenters. The minimum Gasteiger partial charge on any atom is -0.507 e. The smallest absolute Gasteiger partial charge is 0.166 e. The summed E-state index contributed by atoms with van der Waals surface area (Å²) in [5.41, 5.74) is 1.38. The third kappa shape index (κ3) is 4.55. The number of Topliss-reactive ketones (excluding diaryl/α,β-unsaturated/α-hetero) is 1. The van der Waals surface area contributed by atoms with Gasteiger partial charge in [-0.05, 0) is 24.5 Å². The first-order valence-corrected chi connectivity index (χ1v) is 7.57. The average Bonchev–Trinajstić information content (AvgIpc) is 2.45. The van der Waals surface area contributed by atoms with Crippen LogP contribution in [0.2, 0.25) is 0 Å². The van der Waals surface area contributed by atoms with Gasteiger partial charge < -0.3 is 9.84 Å². The number of ketones is 1. The van der Waals surface area contributed by atoms with Gasteiger partial charge in [0.25, 0.3) is 0 Å². The fourth-order valence-electron chi connectivity index (χ4n) is 2.39. The van der Waals surface area contributed by atoms with Crippen molar-refractivity contribution in [2.24, 2.45) is 0 Å². The van der Waals surface area contributed by atoms with Crippen LogP contribution in [-0.4, -0.2) is 18.0 Å². The SMILES string of the molecule is CCCCCCCc1cc(OC)cc(O)c1C(=O)CC. The van der Waals surface area contributed by atoms with E-state index >= 15 is 0 Å². The number of carbonyl (C=O) groups excluding carboxylic acids is 1. The first-order chi connectivity index (χ1) is 9.63. The van der Waals surface area contributed by atoms with E-state index in [1.807, 2.05) is 13.0 Å². The van der Waals surface area contributed by atoms with E-state index in [1.54, 1.807) is 7.11 Å². The number of hydrogen-bond acceptors (Lipinski definition) is 3. The molecule has 3 heteroatoms. The summed E-state index contributed by atoms with van der Waals surface area (Å²) in [6.07, 6.45) is 7.12. The lowest BCUT2D eigenvalue weighted by Gasteiger charge is -2.12. The predicted molar refractivity (Wildman–Crippen MR) is 81.7 cm³/mol. The molecule has 1 N–H and O–H groups in total. The van der Waals surface area contributed by atoms with Crippen molar-refractivity contribution in [2.45, 2.75) is 58.8 Å². The van der Waals surface area contributed by atoms with Gasteiger partial charge in [-0.1, -0.05) is 39.5 Å². The van der Waals surface area contributed by atoms with Crippen LogP contribution in [0.4, 0.5) is 0 Å². The van der Waals surface area contributed by atoms with Crippen molar-refractivity contribution < 1.29 is 14.6 Å². The summed E-state index contributed by atoms with van der Waals surface area (Å²) in [6, 6.07) is 3.39. The largest absolute Gasteiger partial charge is 0.507 e. The molecule has 0 spiro atoms. The Hall–Kier alpha value is -1.51. The number of unbranched alkanes of at least 4 members (excludes halogenated alkanes) is 4.